The molecule has 0 aliphatic carbocycles. The van der Waals surface area contributed by atoms with E-state index < -0.39 is 0 Å². The van der Waals surface area contributed by atoms with E-state index in [0.717, 1.165) is 34.4 Å². The van der Waals surface area contributed by atoms with Crippen molar-refractivity contribution in [2.24, 2.45) is 5.41 Å². The molecule has 3 aromatic rings. The predicted molar refractivity (Wildman–Crippen MR) is 106 cm³/mol. The second-order valence-corrected chi connectivity index (χ2v) is 8.71. The number of imidazole rings is 1. The molecule has 25 heavy (non-hydrogen) atoms. The van der Waals surface area contributed by atoms with Crippen LogP contribution in [0.3, 0.4) is 0 Å². The zero-order valence-electron chi connectivity index (χ0n) is 14.3. The highest BCUT2D eigenvalue weighted by atomic mass is 35.5. The first-order valence-corrected chi connectivity index (χ1v) is 10.1. The van der Waals surface area contributed by atoms with Crippen LogP contribution in [0.2, 0.25) is 10.0 Å². The van der Waals surface area contributed by atoms with E-state index in [1.807, 2.05) is 22.8 Å². The van der Waals surface area contributed by atoms with Gasteiger partial charge in [0.15, 0.2) is 0 Å². The Bertz CT molecular complexity index is 878. The molecule has 1 aliphatic heterocycles. The molecule has 0 amide bonds. The third kappa shape index (κ3) is 3.14. The van der Waals surface area contributed by atoms with E-state index in [1.165, 1.54) is 19.3 Å². The Labute approximate surface area is 161 Å². The molecule has 7 heteroatoms. The lowest BCUT2D eigenvalue weighted by Crippen LogP contribution is -2.38. The summed E-state index contributed by atoms with van der Waals surface area (Å²) in [5, 5.41) is 6.85. The number of aromatic nitrogens is 3. The van der Waals surface area contributed by atoms with Gasteiger partial charge < -0.3 is 4.90 Å². The number of hydrogen-bond donors (Lipinski definition) is 0. The average molecular weight is 395 g/mol. The lowest BCUT2D eigenvalue weighted by Gasteiger charge is -2.38. The highest BCUT2D eigenvalue weighted by Gasteiger charge is 2.29. The van der Waals surface area contributed by atoms with Crippen molar-refractivity contribution < 1.29 is 0 Å². The van der Waals surface area contributed by atoms with Crippen molar-refractivity contribution in [1.29, 1.82) is 0 Å². The second kappa shape index (κ2) is 6.45. The molecule has 1 fully saturated rings. The molecule has 1 aliphatic rings. The van der Waals surface area contributed by atoms with Crippen LogP contribution in [-0.2, 0) is 0 Å². The van der Waals surface area contributed by atoms with E-state index in [9.17, 15) is 0 Å². The number of rotatable bonds is 3. The molecule has 4 nitrogen and oxygen atoms in total. The zero-order valence-corrected chi connectivity index (χ0v) is 16.6. The highest BCUT2D eigenvalue weighted by molar-refractivity contribution is 7.20. The van der Waals surface area contributed by atoms with Crippen LogP contribution in [0.25, 0.3) is 16.2 Å². The van der Waals surface area contributed by atoms with Crippen molar-refractivity contribution in [3.63, 3.8) is 0 Å². The minimum absolute atomic E-state index is 0.477. The van der Waals surface area contributed by atoms with Crippen LogP contribution in [0.5, 0.6) is 0 Å². The third-order valence-corrected chi connectivity index (χ3v) is 7.16. The van der Waals surface area contributed by atoms with Crippen LogP contribution in [0.1, 0.15) is 33.1 Å². The first kappa shape index (κ1) is 17.1. The lowest BCUT2D eigenvalue weighted by atomic mass is 9.78. The summed E-state index contributed by atoms with van der Waals surface area (Å²) < 4.78 is 1.85. The molecule has 1 saturated heterocycles. The Morgan fingerprint density at radius 2 is 2.00 bits per heavy atom. The van der Waals surface area contributed by atoms with Crippen molar-refractivity contribution in [3.8, 4) is 11.3 Å². The number of piperidine rings is 1. The van der Waals surface area contributed by atoms with E-state index in [4.69, 9.17) is 33.3 Å². The van der Waals surface area contributed by atoms with E-state index in [0.29, 0.717) is 15.5 Å². The van der Waals surface area contributed by atoms with E-state index in [-0.39, 0.29) is 0 Å². The third-order valence-electron chi connectivity index (χ3n) is 5.35. The Hall–Kier alpha value is -1.30. The van der Waals surface area contributed by atoms with Gasteiger partial charge in [0.2, 0.25) is 10.1 Å². The predicted octanol–water partition coefficient (Wildman–Crippen LogP) is 5.78. The van der Waals surface area contributed by atoms with Crippen molar-refractivity contribution >= 4 is 44.6 Å². The summed E-state index contributed by atoms with van der Waals surface area (Å²) >= 11 is 14.0. The molecular formula is C18H20Cl2N4S. The van der Waals surface area contributed by atoms with Gasteiger partial charge in [-0.1, -0.05) is 66.9 Å². The molecule has 4 rings (SSSR count). The summed E-state index contributed by atoms with van der Waals surface area (Å²) in [7, 11) is 0. The quantitative estimate of drug-likeness (QED) is 0.564. The molecule has 3 heterocycles. The van der Waals surface area contributed by atoms with Crippen molar-refractivity contribution in [3.05, 3.63) is 34.4 Å². The minimum atomic E-state index is 0.477. The number of nitrogens with zero attached hydrogens (tertiary/aromatic N) is 4. The van der Waals surface area contributed by atoms with Gasteiger partial charge in [-0.15, -0.1) is 5.10 Å². The molecule has 0 atom stereocenters. The van der Waals surface area contributed by atoms with Gasteiger partial charge in [-0.05, 0) is 24.3 Å². The smallest absolute Gasteiger partial charge is 0.214 e. The maximum atomic E-state index is 6.31. The van der Waals surface area contributed by atoms with Gasteiger partial charge in [-0.25, -0.2) is 9.50 Å². The summed E-state index contributed by atoms with van der Waals surface area (Å²) in [5.41, 5.74) is 2.12. The van der Waals surface area contributed by atoms with Gasteiger partial charge in [-0.3, -0.25) is 0 Å². The Balaban J connectivity index is 1.59. The van der Waals surface area contributed by atoms with Gasteiger partial charge in [0.25, 0.3) is 0 Å². The first-order valence-electron chi connectivity index (χ1n) is 8.55. The molecule has 0 saturated carbocycles. The van der Waals surface area contributed by atoms with Crippen molar-refractivity contribution in [1.82, 2.24) is 14.6 Å². The highest BCUT2D eigenvalue weighted by Crippen LogP contribution is 2.38. The normalized spacial score (nSPS) is 17.4. The molecule has 0 radical (unpaired) electrons. The first-order chi connectivity index (χ1) is 12.0. The molecule has 0 spiro atoms. The summed E-state index contributed by atoms with van der Waals surface area (Å²) in [6, 6.07) is 5.59. The van der Waals surface area contributed by atoms with Crippen molar-refractivity contribution in [2.75, 3.05) is 18.0 Å². The van der Waals surface area contributed by atoms with Crippen molar-refractivity contribution in [2.45, 2.75) is 33.1 Å². The average Bonchev–Trinajstić information content (AvgIpc) is 3.17. The monoisotopic (exact) mass is 394 g/mol. The topological polar surface area (TPSA) is 33.4 Å². The number of halogens is 2. The lowest BCUT2D eigenvalue weighted by molar-refractivity contribution is 0.238. The maximum Gasteiger partial charge on any atom is 0.214 e. The fraction of sp³-hybridized carbons (Fsp3) is 0.444. The summed E-state index contributed by atoms with van der Waals surface area (Å²) in [6.45, 7) is 6.80. The fourth-order valence-corrected chi connectivity index (χ4v) is 4.57. The van der Waals surface area contributed by atoms with Crippen LogP contribution < -0.4 is 4.90 Å². The van der Waals surface area contributed by atoms with Gasteiger partial charge in [0.1, 0.15) is 0 Å². The molecule has 0 N–H and O–H groups in total. The molecule has 132 valence electrons. The maximum absolute atomic E-state index is 6.31. The Kier molecular flexibility index (Phi) is 4.42. The van der Waals surface area contributed by atoms with E-state index in [1.54, 1.807) is 17.4 Å². The van der Waals surface area contributed by atoms with Gasteiger partial charge in [-0.2, -0.15) is 0 Å². The summed E-state index contributed by atoms with van der Waals surface area (Å²) in [4.78, 5) is 7.95. The number of fused-ring (bicyclic) bond motifs is 1. The number of anilines is 1. The molecule has 0 bridgehead atoms. The van der Waals surface area contributed by atoms with E-state index in [2.05, 4.69) is 18.7 Å². The van der Waals surface area contributed by atoms with Gasteiger partial charge >= 0.3 is 0 Å². The molecule has 0 unspecified atom stereocenters. The Morgan fingerprint density at radius 1 is 1.24 bits per heavy atom. The van der Waals surface area contributed by atoms with Crippen LogP contribution >= 0.6 is 34.5 Å². The van der Waals surface area contributed by atoms with Crippen LogP contribution in [0.4, 0.5) is 5.13 Å². The van der Waals surface area contributed by atoms with Crippen LogP contribution in [0.15, 0.2) is 24.4 Å². The Morgan fingerprint density at radius 3 is 2.68 bits per heavy atom. The molecule has 2 aromatic heterocycles. The number of hydrogen-bond acceptors (Lipinski definition) is 4. The minimum Gasteiger partial charge on any atom is -0.347 e. The fourth-order valence-electron chi connectivity index (χ4n) is 3.24. The largest absolute Gasteiger partial charge is 0.347 e. The standard InChI is InChI=1S/C18H20Cl2N4S/c1-3-18(2)7-9-23(10-8-18)17-22-24-11-14(21-16(24)25-17)12-5-4-6-13(19)15(12)20/h4-6,11H,3,7-10H2,1-2H3. The second-order valence-electron chi connectivity index (χ2n) is 6.99. The zero-order chi connectivity index (χ0) is 17.6. The van der Waals surface area contributed by atoms with Crippen LogP contribution in [0, 0.1) is 5.41 Å². The molecular weight excluding hydrogens is 375 g/mol. The molecule has 1 aromatic carbocycles. The van der Waals surface area contributed by atoms with Gasteiger partial charge in [0, 0.05) is 18.7 Å². The summed E-state index contributed by atoms with van der Waals surface area (Å²) in [6.07, 6.45) is 5.60. The van der Waals surface area contributed by atoms with E-state index >= 15 is 0 Å². The van der Waals surface area contributed by atoms with Gasteiger partial charge in [0.05, 0.1) is 21.9 Å². The SMILES string of the molecule is CCC1(C)CCN(c2nn3cc(-c4cccc(Cl)c4Cl)nc3s2)CC1. The summed E-state index contributed by atoms with van der Waals surface area (Å²) in [5.74, 6) is 0. The number of benzene rings is 1. The van der Waals surface area contributed by atoms with Crippen LogP contribution in [-0.4, -0.2) is 27.7 Å².